The first-order valence-electron chi connectivity index (χ1n) is 12.4. The van der Waals surface area contributed by atoms with Gasteiger partial charge in [-0.05, 0) is 56.8 Å². The van der Waals surface area contributed by atoms with Gasteiger partial charge in [0.25, 0.3) is 0 Å². The molecular weight excluding hydrogens is 408 g/mol. The predicted octanol–water partition coefficient (Wildman–Crippen LogP) is 5.01. The number of likely N-dealkylation sites (tertiary alicyclic amines) is 2. The fourth-order valence-electron chi connectivity index (χ4n) is 5.14. The average molecular weight is 443 g/mol. The average Bonchev–Trinajstić information content (AvgIpc) is 3.29. The number of benzene rings is 2. The second-order valence-electron chi connectivity index (χ2n) is 9.71. The van der Waals surface area contributed by atoms with Gasteiger partial charge in [-0.1, -0.05) is 55.5 Å². The first kappa shape index (κ1) is 21.9. The molecule has 0 unspecified atom stereocenters. The Balaban J connectivity index is 1.27. The van der Waals surface area contributed by atoms with Gasteiger partial charge in [0.2, 0.25) is 5.91 Å². The molecule has 0 spiro atoms. The summed E-state index contributed by atoms with van der Waals surface area (Å²) in [4.78, 5) is 17.6. The van der Waals surface area contributed by atoms with Gasteiger partial charge in [-0.3, -0.25) is 9.69 Å². The van der Waals surface area contributed by atoms with E-state index in [1.54, 1.807) is 0 Å². The molecule has 2 saturated heterocycles. The molecule has 2 aromatic carbocycles. The van der Waals surface area contributed by atoms with Crippen LogP contribution in [-0.2, 0) is 11.3 Å². The Hall–Kier alpha value is -2.92. The molecule has 2 fully saturated rings. The van der Waals surface area contributed by atoms with E-state index in [-0.39, 0.29) is 5.92 Å². The highest BCUT2D eigenvalue weighted by molar-refractivity contribution is 5.79. The van der Waals surface area contributed by atoms with Crippen LogP contribution in [0.2, 0.25) is 0 Å². The normalized spacial score (nSPS) is 18.5. The number of nitrogens with zero attached hydrogens (tertiary/aromatic N) is 4. The fourth-order valence-corrected chi connectivity index (χ4v) is 5.14. The number of hydrogen-bond donors (Lipinski definition) is 0. The lowest BCUT2D eigenvalue weighted by Crippen LogP contribution is -2.45. The Bertz CT molecular complexity index is 1050. The maximum atomic E-state index is 13.0. The van der Waals surface area contributed by atoms with Crippen molar-refractivity contribution in [2.45, 2.75) is 39.2 Å². The molecule has 0 radical (unpaired) electrons. The summed E-state index contributed by atoms with van der Waals surface area (Å²) in [6, 6.07) is 20.7. The van der Waals surface area contributed by atoms with Crippen molar-refractivity contribution in [3.05, 3.63) is 72.4 Å². The molecule has 33 heavy (non-hydrogen) atoms. The highest BCUT2D eigenvalue weighted by atomic mass is 16.2. The Morgan fingerprint density at radius 2 is 1.52 bits per heavy atom. The number of piperidine rings is 2. The van der Waals surface area contributed by atoms with E-state index < -0.39 is 0 Å². The van der Waals surface area contributed by atoms with Crippen molar-refractivity contribution in [3.63, 3.8) is 0 Å². The second-order valence-corrected chi connectivity index (χ2v) is 9.71. The number of amides is 1. The van der Waals surface area contributed by atoms with Crippen LogP contribution in [0.3, 0.4) is 0 Å². The Kier molecular flexibility index (Phi) is 6.58. The van der Waals surface area contributed by atoms with Crippen LogP contribution in [0.25, 0.3) is 16.9 Å². The first-order valence-corrected chi connectivity index (χ1v) is 12.4. The van der Waals surface area contributed by atoms with E-state index in [9.17, 15) is 4.79 Å². The largest absolute Gasteiger partial charge is 0.342 e. The van der Waals surface area contributed by atoms with E-state index in [4.69, 9.17) is 5.10 Å². The van der Waals surface area contributed by atoms with E-state index in [0.29, 0.717) is 5.91 Å². The maximum absolute atomic E-state index is 13.0. The summed E-state index contributed by atoms with van der Waals surface area (Å²) >= 11 is 0. The molecule has 0 bridgehead atoms. The third-order valence-electron chi connectivity index (χ3n) is 7.28. The maximum Gasteiger partial charge on any atom is 0.225 e. The van der Waals surface area contributed by atoms with E-state index in [1.165, 1.54) is 5.56 Å². The first-order chi connectivity index (χ1) is 16.2. The minimum atomic E-state index is 0.190. The van der Waals surface area contributed by atoms with Gasteiger partial charge in [-0.2, -0.15) is 5.10 Å². The third-order valence-corrected chi connectivity index (χ3v) is 7.28. The topological polar surface area (TPSA) is 41.4 Å². The summed E-state index contributed by atoms with van der Waals surface area (Å²) in [5, 5.41) is 4.96. The van der Waals surface area contributed by atoms with E-state index in [1.807, 2.05) is 28.9 Å². The van der Waals surface area contributed by atoms with Crippen LogP contribution in [0.4, 0.5) is 0 Å². The zero-order chi connectivity index (χ0) is 22.6. The lowest BCUT2D eigenvalue weighted by atomic mass is 9.92. The molecule has 0 aliphatic carbocycles. The standard InChI is InChI=1S/C28H34N4O/c1-22-12-18-31(19-13-22)28(33)24-14-16-30(17-15-24)20-25-21-32(26-10-6-3-7-11-26)29-27(25)23-8-4-2-5-9-23/h2-11,21-22,24H,12-20H2,1H3. The third kappa shape index (κ3) is 5.03. The van der Waals surface area contributed by atoms with Crippen molar-refractivity contribution in [3.8, 4) is 16.9 Å². The van der Waals surface area contributed by atoms with Crippen molar-refractivity contribution >= 4 is 5.91 Å². The molecule has 2 aliphatic rings. The summed E-state index contributed by atoms with van der Waals surface area (Å²) in [5.41, 5.74) is 4.49. The quantitative estimate of drug-likeness (QED) is 0.558. The molecule has 5 nitrogen and oxygen atoms in total. The molecule has 1 amide bonds. The molecule has 2 aliphatic heterocycles. The van der Waals surface area contributed by atoms with E-state index in [0.717, 1.165) is 81.3 Å². The second kappa shape index (κ2) is 9.92. The molecule has 172 valence electrons. The van der Waals surface area contributed by atoms with Gasteiger partial charge in [-0.15, -0.1) is 0 Å². The van der Waals surface area contributed by atoms with Crippen LogP contribution in [0.5, 0.6) is 0 Å². The van der Waals surface area contributed by atoms with E-state index in [2.05, 4.69) is 59.3 Å². The molecule has 0 atom stereocenters. The molecule has 1 aromatic heterocycles. The Morgan fingerprint density at radius 1 is 0.879 bits per heavy atom. The van der Waals surface area contributed by atoms with Crippen LogP contribution in [0, 0.1) is 11.8 Å². The number of carbonyl (C=O) groups excluding carboxylic acids is 1. The lowest BCUT2D eigenvalue weighted by Gasteiger charge is -2.36. The SMILES string of the molecule is CC1CCN(C(=O)C2CCN(Cc3cn(-c4ccccc4)nc3-c3ccccc3)CC2)CC1. The highest BCUT2D eigenvalue weighted by Gasteiger charge is 2.30. The van der Waals surface area contributed by atoms with Gasteiger partial charge in [0.05, 0.1) is 11.4 Å². The van der Waals surface area contributed by atoms with Crippen LogP contribution >= 0.6 is 0 Å². The Morgan fingerprint density at radius 3 is 2.18 bits per heavy atom. The lowest BCUT2D eigenvalue weighted by molar-refractivity contribution is -0.138. The van der Waals surface area contributed by atoms with Gasteiger partial charge in [0.15, 0.2) is 0 Å². The molecule has 5 rings (SSSR count). The fraction of sp³-hybridized carbons (Fsp3) is 0.429. The van der Waals surface area contributed by atoms with Crippen molar-refractivity contribution in [2.75, 3.05) is 26.2 Å². The number of para-hydroxylation sites is 1. The highest BCUT2D eigenvalue weighted by Crippen LogP contribution is 2.28. The molecule has 0 saturated carbocycles. The molecule has 3 heterocycles. The number of rotatable bonds is 5. The van der Waals surface area contributed by atoms with Gasteiger partial charge in [0.1, 0.15) is 0 Å². The van der Waals surface area contributed by atoms with Crippen LogP contribution in [0.1, 0.15) is 38.2 Å². The zero-order valence-corrected chi connectivity index (χ0v) is 19.6. The summed E-state index contributed by atoms with van der Waals surface area (Å²) < 4.78 is 1.99. The van der Waals surface area contributed by atoms with Crippen LogP contribution in [-0.4, -0.2) is 51.7 Å². The van der Waals surface area contributed by atoms with Crippen LogP contribution < -0.4 is 0 Å². The predicted molar refractivity (Wildman–Crippen MR) is 132 cm³/mol. The minimum absolute atomic E-state index is 0.190. The van der Waals surface area contributed by atoms with E-state index >= 15 is 0 Å². The van der Waals surface area contributed by atoms with Gasteiger partial charge < -0.3 is 4.90 Å². The number of aromatic nitrogens is 2. The number of hydrogen-bond acceptors (Lipinski definition) is 3. The molecular formula is C28H34N4O. The van der Waals surface area contributed by atoms with Crippen molar-refractivity contribution in [2.24, 2.45) is 11.8 Å². The number of carbonyl (C=O) groups is 1. The molecule has 0 N–H and O–H groups in total. The summed E-state index contributed by atoms with van der Waals surface area (Å²) in [6.45, 7) is 6.97. The smallest absolute Gasteiger partial charge is 0.225 e. The summed E-state index contributed by atoms with van der Waals surface area (Å²) in [7, 11) is 0. The van der Waals surface area contributed by atoms with Gasteiger partial charge >= 0.3 is 0 Å². The minimum Gasteiger partial charge on any atom is -0.342 e. The summed E-state index contributed by atoms with van der Waals surface area (Å²) in [5.74, 6) is 1.34. The summed E-state index contributed by atoms with van der Waals surface area (Å²) in [6.07, 6.45) is 6.39. The van der Waals surface area contributed by atoms with Crippen molar-refractivity contribution in [1.29, 1.82) is 0 Å². The van der Waals surface area contributed by atoms with Crippen molar-refractivity contribution in [1.82, 2.24) is 19.6 Å². The van der Waals surface area contributed by atoms with Gasteiger partial charge in [0, 0.05) is 42.9 Å². The van der Waals surface area contributed by atoms with Crippen molar-refractivity contribution < 1.29 is 4.79 Å². The molecule has 3 aromatic rings. The van der Waals surface area contributed by atoms with Gasteiger partial charge in [-0.25, -0.2) is 4.68 Å². The Labute approximate surface area is 197 Å². The van der Waals surface area contributed by atoms with Crippen LogP contribution in [0.15, 0.2) is 66.9 Å². The zero-order valence-electron chi connectivity index (χ0n) is 19.6. The monoisotopic (exact) mass is 442 g/mol. The molecule has 5 heteroatoms.